The predicted molar refractivity (Wildman–Crippen MR) is 90.2 cm³/mol. The number of hydrogen-bond donors (Lipinski definition) is 1. The van der Waals surface area contributed by atoms with E-state index < -0.39 is 0 Å². The Bertz CT molecular complexity index is 772. The zero-order chi connectivity index (χ0) is 17.8. The molecule has 25 heavy (non-hydrogen) atoms. The molecule has 0 aliphatic carbocycles. The van der Waals surface area contributed by atoms with Gasteiger partial charge in [0, 0.05) is 19.7 Å². The van der Waals surface area contributed by atoms with Gasteiger partial charge in [-0.1, -0.05) is 0 Å². The first-order chi connectivity index (χ1) is 12.0. The van der Waals surface area contributed by atoms with E-state index in [9.17, 15) is 9.59 Å². The molecule has 2 aromatic rings. The Morgan fingerprint density at radius 2 is 2.16 bits per heavy atom. The fraction of sp³-hybridized carbons (Fsp3) is 0.471. The van der Waals surface area contributed by atoms with Gasteiger partial charge in [0.2, 0.25) is 11.8 Å². The van der Waals surface area contributed by atoms with Crippen LogP contribution in [0.5, 0.6) is 0 Å². The molecular weight excluding hydrogens is 320 g/mol. The number of aryl methyl sites for hydroxylation is 1. The molecule has 132 valence electrons. The summed E-state index contributed by atoms with van der Waals surface area (Å²) in [6.07, 6.45) is 8.72. The van der Waals surface area contributed by atoms with Crippen LogP contribution in [0.1, 0.15) is 42.8 Å². The summed E-state index contributed by atoms with van der Waals surface area (Å²) in [5, 5.41) is 6.92. The van der Waals surface area contributed by atoms with E-state index in [2.05, 4.69) is 20.4 Å². The van der Waals surface area contributed by atoms with E-state index in [0.717, 1.165) is 30.6 Å². The lowest BCUT2D eigenvalue weighted by atomic mass is 10.1. The van der Waals surface area contributed by atoms with Crippen LogP contribution < -0.4 is 5.32 Å². The van der Waals surface area contributed by atoms with Crippen LogP contribution in [0.15, 0.2) is 24.8 Å². The van der Waals surface area contributed by atoms with Crippen LogP contribution in [0.25, 0.3) is 0 Å². The Balaban J connectivity index is 1.60. The molecule has 1 saturated heterocycles. The molecule has 1 atom stereocenters. The van der Waals surface area contributed by atoms with Crippen LogP contribution in [-0.2, 0) is 22.7 Å². The van der Waals surface area contributed by atoms with Crippen molar-refractivity contribution in [3.63, 3.8) is 0 Å². The Hall–Kier alpha value is -2.77. The maximum absolute atomic E-state index is 12.0. The lowest BCUT2D eigenvalue weighted by Crippen LogP contribution is -2.30. The van der Waals surface area contributed by atoms with E-state index >= 15 is 0 Å². The second-order valence-corrected chi connectivity index (χ2v) is 6.30. The average Bonchev–Trinajstić information content (AvgIpc) is 3.22. The quantitative estimate of drug-likeness (QED) is 0.874. The van der Waals surface area contributed by atoms with Crippen molar-refractivity contribution in [2.75, 3.05) is 6.54 Å². The highest BCUT2D eigenvalue weighted by atomic mass is 16.2. The lowest BCUT2D eigenvalue weighted by molar-refractivity contribution is -0.129. The van der Waals surface area contributed by atoms with Crippen molar-refractivity contribution in [3.8, 4) is 0 Å². The molecule has 8 nitrogen and oxygen atoms in total. The van der Waals surface area contributed by atoms with E-state index in [1.165, 1.54) is 0 Å². The molecule has 0 radical (unpaired) electrons. The van der Waals surface area contributed by atoms with Crippen molar-refractivity contribution in [3.05, 3.63) is 41.7 Å². The maximum Gasteiger partial charge on any atom is 0.242 e. The lowest BCUT2D eigenvalue weighted by Gasteiger charge is -2.22. The molecule has 2 amide bonds. The van der Waals surface area contributed by atoms with E-state index in [4.69, 9.17) is 0 Å². The Kier molecular flexibility index (Phi) is 5.06. The van der Waals surface area contributed by atoms with Gasteiger partial charge in [-0.3, -0.25) is 24.2 Å². The molecule has 0 aromatic carbocycles. The van der Waals surface area contributed by atoms with Gasteiger partial charge in [-0.25, -0.2) is 0 Å². The minimum absolute atomic E-state index is 0.0206. The van der Waals surface area contributed by atoms with Crippen LogP contribution in [0.4, 0.5) is 0 Å². The SMILES string of the molecule is CC(=O)N1CCCC1c1cncc(CNC(=O)Cn2cc(C)cn2)n1. The molecule has 1 N–H and O–H groups in total. The van der Waals surface area contributed by atoms with Crippen LogP contribution in [0.3, 0.4) is 0 Å². The van der Waals surface area contributed by atoms with Gasteiger partial charge in [-0.2, -0.15) is 5.10 Å². The van der Waals surface area contributed by atoms with Crippen molar-refractivity contribution in [2.45, 2.75) is 45.8 Å². The highest BCUT2D eigenvalue weighted by Gasteiger charge is 2.29. The molecule has 1 fully saturated rings. The molecule has 8 heteroatoms. The van der Waals surface area contributed by atoms with Crippen LogP contribution in [0.2, 0.25) is 0 Å². The zero-order valence-electron chi connectivity index (χ0n) is 14.5. The first-order valence-electron chi connectivity index (χ1n) is 8.36. The van der Waals surface area contributed by atoms with Gasteiger partial charge in [0.15, 0.2) is 0 Å². The summed E-state index contributed by atoms with van der Waals surface area (Å²) in [6.45, 7) is 4.73. The van der Waals surface area contributed by atoms with Crippen molar-refractivity contribution >= 4 is 11.8 Å². The number of hydrogen-bond acceptors (Lipinski definition) is 5. The largest absolute Gasteiger partial charge is 0.349 e. The van der Waals surface area contributed by atoms with Gasteiger partial charge in [0.25, 0.3) is 0 Å². The third-order valence-electron chi connectivity index (χ3n) is 4.24. The summed E-state index contributed by atoms with van der Waals surface area (Å²) in [6, 6.07) is -0.0206. The number of nitrogens with zero attached hydrogens (tertiary/aromatic N) is 5. The van der Waals surface area contributed by atoms with Gasteiger partial charge in [0.1, 0.15) is 6.54 Å². The topological polar surface area (TPSA) is 93.0 Å². The molecule has 3 rings (SSSR count). The van der Waals surface area contributed by atoms with E-state index in [1.54, 1.807) is 30.2 Å². The Morgan fingerprint density at radius 3 is 2.88 bits per heavy atom. The zero-order valence-corrected chi connectivity index (χ0v) is 14.5. The third-order valence-corrected chi connectivity index (χ3v) is 4.24. The number of amides is 2. The predicted octanol–water partition coefficient (Wildman–Crippen LogP) is 0.981. The normalized spacial score (nSPS) is 16.9. The Labute approximate surface area is 146 Å². The van der Waals surface area contributed by atoms with Gasteiger partial charge in [-0.05, 0) is 25.3 Å². The van der Waals surface area contributed by atoms with Crippen molar-refractivity contribution < 1.29 is 9.59 Å². The van der Waals surface area contributed by atoms with E-state index in [-0.39, 0.29) is 24.4 Å². The number of carbonyl (C=O) groups is 2. The smallest absolute Gasteiger partial charge is 0.242 e. The van der Waals surface area contributed by atoms with Crippen molar-refractivity contribution in [1.29, 1.82) is 0 Å². The molecule has 1 unspecified atom stereocenters. The molecule has 1 aliphatic rings. The van der Waals surface area contributed by atoms with Gasteiger partial charge in [-0.15, -0.1) is 0 Å². The first-order valence-corrected chi connectivity index (χ1v) is 8.36. The van der Waals surface area contributed by atoms with Crippen molar-refractivity contribution in [2.24, 2.45) is 0 Å². The van der Waals surface area contributed by atoms with E-state index in [0.29, 0.717) is 12.2 Å². The summed E-state index contributed by atoms with van der Waals surface area (Å²) >= 11 is 0. The summed E-state index contributed by atoms with van der Waals surface area (Å²) < 4.78 is 1.59. The van der Waals surface area contributed by atoms with Gasteiger partial charge in [0.05, 0.1) is 42.6 Å². The summed E-state index contributed by atoms with van der Waals surface area (Å²) in [4.78, 5) is 34.3. The molecule has 2 aromatic heterocycles. The minimum atomic E-state index is -0.137. The third kappa shape index (κ3) is 4.20. The summed E-state index contributed by atoms with van der Waals surface area (Å²) in [5.41, 5.74) is 2.47. The van der Waals surface area contributed by atoms with Crippen LogP contribution in [0, 0.1) is 6.92 Å². The van der Waals surface area contributed by atoms with E-state index in [1.807, 2.05) is 18.0 Å². The summed E-state index contributed by atoms with van der Waals surface area (Å²) in [7, 11) is 0. The first kappa shape index (κ1) is 17.1. The van der Waals surface area contributed by atoms with Crippen molar-refractivity contribution in [1.82, 2.24) is 30.0 Å². The molecular formula is C17H22N6O2. The average molecular weight is 342 g/mol. The number of likely N-dealkylation sites (tertiary alicyclic amines) is 1. The monoisotopic (exact) mass is 342 g/mol. The number of rotatable bonds is 5. The fourth-order valence-corrected chi connectivity index (χ4v) is 3.07. The number of carbonyl (C=O) groups excluding carboxylic acids is 2. The molecule has 0 spiro atoms. The minimum Gasteiger partial charge on any atom is -0.349 e. The highest BCUT2D eigenvalue weighted by molar-refractivity contribution is 5.75. The molecule has 0 saturated carbocycles. The maximum atomic E-state index is 12.0. The number of aromatic nitrogens is 4. The molecule has 1 aliphatic heterocycles. The van der Waals surface area contributed by atoms with Gasteiger partial charge < -0.3 is 10.2 Å². The van der Waals surface area contributed by atoms with Gasteiger partial charge >= 0.3 is 0 Å². The standard InChI is InChI=1S/C17H22N6O2/c1-12-6-20-22(10-12)11-17(25)19-8-14-7-18-9-15(21-14)16-4-3-5-23(16)13(2)24/h6-7,9-10,16H,3-5,8,11H2,1-2H3,(H,19,25). The summed E-state index contributed by atoms with van der Waals surface area (Å²) in [5.74, 6) is -0.0842. The second-order valence-electron chi connectivity index (χ2n) is 6.30. The number of nitrogens with one attached hydrogen (secondary N) is 1. The van der Waals surface area contributed by atoms with Crippen LogP contribution in [-0.4, -0.2) is 43.0 Å². The molecule has 0 bridgehead atoms. The highest BCUT2D eigenvalue weighted by Crippen LogP contribution is 2.30. The molecule has 3 heterocycles. The second kappa shape index (κ2) is 7.42. The fourth-order valence-electron chi connectivity index (χ4n) is 3.07. The van der Waals surface area contributed by atoms with Crippen LogP contribution >= 0.6 is 0 Å². The Morgan fingerprint density at radius 1 is 1.32 bits per heavy atom.